The van der Waals surface area contributed by atoms with Gasteiger partial charge in [-0.2, -0.15) is 0 Å². The maximum atomic E-state index is 3.80. The van der Waals surface area contributed by atoms with E-state index < -0.39 is 0 Å². The van der Waals surface area contributed by atoms with Gasteiger partial charge in [-0.1, -0.05) is 32.6 Å². The number of nitrogens with zero attached hydrogens (tertiary/aromatic N) is 1. The Morgan fingerprint density at radius 1 is 1.06 bits per heavy atom. The van der Waals surface area contributed by atoms with E-state index in [-0.39, 0.29) is 0 Å². The Kier molecular flexibility index (Phi) is 5.97. The molecule has 0 bridgehead atoms. The van der Waals surface area contributed by atoms with Crippen LogP contribution in [0, 0.1) is 5.92 Å². The maximum Gasteiger partial charge on any atom is 0.0107 e. The molecule has 2 aliphatic carbocycles. The van der Waals surface area contributed by atoms with Crippen LogP contribution in [-0.4, -0.2) is 37.1 Å². The van der Waals surface area contributed by atoms with Crippen LogP contribution < -0.4 is 5.32 Å². The fraction of sp³-hybridized carbons (Fsp3) is 1.00. The second-order valence-electron chi connectivity index (χ2n) is 6.53. The summed E-state index contributed by atoms with van der Waals surface area (Å²) in [6, 6.07) is 1.72. The monoisotopic (exact) mass is 252 g/mol. The molecule has 0 heterocycles. The first kappa shape index (κ1) is 14.3. The van der Waals surface area contributed by atoms with Gasteiger partial charge in [0.25, 0.3) is 0 Å². The van der Waals surface area contributed by atoms with Gasteiger partial charge in [0.15, 0.2) is 0 Å². The number of hydrogen-bond acceptors (Lipinski definition) is 2. The number of nitrogens with one attached hydrogen (secondary N) is 1. The van der Waals surface area contributed by atoms with Crippen LogP contribution in [-0.2, 0) is 0 Å². The molecule has 2 nitrogen and oxygen atoms in total. The normalized spacial score (nSPS) is 29.5. The van der Waals surface area contributed by atoms with Gasteiger partial charge in [0.05, 0.1) is 0 Å². The Balaban J connectivity index is 1.57. The Bertz CT molecular complexity index is 225. The molecule has 0 aromatic carbocycles. The van der Waals surface area contributed by atoms with E-state index in [1.54, 1.807) is 0 Å². The van der Waals surface area contributed by atoms with Gasteiger partial charge in [0.2, 0.25) is 0 Å². The first-order valence-corrected chi connectivity index (χ1v) is 8.23. The fourth-order valence-corrected chi connectivity index (χ4v) is 3.42. The molecule has 18 heavy (non-hydrogen) atoms. The summed E-state index contributed by atoms with van der Waals surface area (Å²) in [5.41, 5.74) is 0. The molecule has 2 aliphatic rings. The molecule has 0 spiro atoms. The lowest BCUT2D eigenvalue weighted by atomic mass is 9.95. The van der Waals surface area contributed by atoms with E-state index in [9.17, 15) is 0 Å². The van der Waals surface area contributed by atoms with Crippen molar-refractivity contribution in [3.63, 3.8) is 0 Å². The molecule has 106 valence electrons. The van der Waals surface area contributed by atoms with E-state index in [4.69, 9.17) is 0 Å². The van der Waals surface area contributed by atoms with Crippen molar-refractivity contribution in [2.75, 3.05) is 20.1 Å². The van der Waals surface area contributed by atoms with Crippen molar-refractivity contribution in [1.29, 1.82) is 0 Å². The molecule has 0 amide bonds. The van der Waals surface area contributed by atoms with E-state index in [0.717, 1.165) is 18.0 Å². The lowest BCUT2D eigenvalue weighted by Gasteiger charge is -2.20. The molecule has 2 saturated carbocycles. The highest BCUT2D eigenvalue weighted by molar-refractivity contribution is 4.83. The predicted molar refractivity (Wildman–Crippen MR) is 78.9 cm³/mol. The van der Waals surface area contributed by atoms with Gasteiger partial charge in [-0.05, 0) is 45.1 Å². The summed E-state index contributed by atoms with van der Waals surface area (Å²) in [5.74, 6) is 1.02. The summed E-state index contributed by atoms with van der Waals surface area (Å²) in [4.78, 5) is 2.53. The average Bonchev–Trinajstić information content (AvgIpc) is 3.17. The lowest BCUT2D eigenvalue weighted by molar-refractivity contribution is 0.309. The first-order chi connectivity index (χ1) is 8.79. The van der Waals surface area contributed by atoms with E-state index in [1.165, 1.54) is 70.9 Å². The summed E-state index contributed by atoms with van der Waals surface area (Å²) in [5, 5.41) is 3.80. The summed E-state index contributed by atoms with van der Waals surface area (Å²) in [6.45, 7) is 4.75. The van der Waals surface area contributed by atoms with Crippen LogP contribution in [0.1, 0.15) is 64.7 Å². The van der Waals surface area contributed by atoms with Gasteiger partial charge in [-0.25, -0.2) is 0 Å². The number of likely N-dealkylation sites (N-methyl/N-ethyl adjacent to an activating group) is 1. The molecule has 0 saturated heterocycles. The molecule has 2 heteroatoms. The smallest absolute Gasteiger partial charge is 0.0107 e. The van der Waals surface area contributed by atoms with E-state index in [2.05, 4.69) is 24.2 Å². The van der Waals surface area contributed by atoms with Crippen molar-refractivity contribution >= 4 is 0 Å². The molecule has 0 aromatic heterocycles. The van der Waals surface area contributed by atoms with Crippen LogP contribution in [0.2, 0.25) is 0 Å². The third-order valence-electron chi connectivity index (χ3n) is 4.85. The highest BCUT2D eigenvalue weighted by Gasteiger charge is 2.25. The Morgan fingerprint density at radius 3 is 2.61 bits per heavy atom. The first-order valence-electron chi connectivity index (χ1n) is 8.23. The number of rotatable bonds is 7. The summed E-state index contributed by atoms with van der Waals surface area (Å²) in [6.07, 6.45) is 12.9. The summed E-state index contributed by atoms with van der Waals surface area (Å²) >= 11 is 0. The molecule has 2 rings (SSSR count). The quantitative estimate of drug-likeness (QED) is 0.698. The molecule has 0 radical (unpaired) electrons. The second-order valence-corrected chi connectivity index (χ2v) is 6.53. The molecule has 2 atom stereocenters. The van der Waals surface area contributed by atoms with E-state index in [1.807, 2.05) is 0 Å². The molecule has 0 aromatic rings. The SMILES string of the molecule is CCCC1CCCC(NCCN(C)C2CC2)CC1. The van der Waals surface area contributed by atoms with Gasteiger partial charge in [0, 0.05) is 25.2 Å². The lowest BCUT2D eigenvalue weighted by Crippen LogP contribution is -2.36. The molecular weight excluding hydrogens is 220 g/mol. The minimum absolute atomic E-state index is 0.805. The zero-order chi connectivity index (χ0) is 12.8. The van der Waals surface area contributed by atoms with Gasteiger partial charge < -0.3 is 10.2 Å². The largest absolute Gasteiger partial charge is 0.313 e. The van der Waals surface area contributed by atoms with Crippen molar-refractivity contribution in [2.24, 2.45) is 5.92 Å². The van der Waals surface area contributed by atoms with Crippen LogP contribution in [0.4, 0.5) is 0 Å². The number of hydrogen-bond donors (Lipinski definition) is 1. The third-order valence-corrected chi connectivity index (χ3v) is 4.85. The molecule has 2 fully saturated rings. The van der Waals surface area contributed by atoms with Crippen LogP contribution >= 0.6 is 0 Å². The van der Waals surface area contributed by atoms with E-state index in [0.29, 0.717) is 0 Å². The van der Waals surface area contributed by atoms with Crippen molar-refractivity contribution in [3.05, 3.63) is 0 Å². The van der Waals surface area contributed by atoms with Crippen LogP contribution in [0.3, 0.4) is 0 Å². The van der Waals surface area contributed by atoms with Crippen LogP contribution in [0.5, 0.6) is 0 Å². The van der Waals surface area contributed by atoms with Crippen molar-refractivity contribution < 1.29 is 0 Å². The van der Waals surface area contributed by atoms with Gasteiger partial charge in [-0.3, -0.25) is 0 Å². The van der Waals surface area contributed by atoms with E-state index >= 15 is 0 Å². The third kappa shape index (κ3) is 4.89. The maximum absolute atomic E-state index is 3.80. The van der Waals surface area contributed by atoms with Crippen molar-refractivity contribution in [3.8, 4) is 0 Å². The zero-order valence-electron chi connectivity index (χ0n) is 12.5. The molecule has 2 unspecified atom stereocenters. The molecular formula is C16H32N2. The molecule has 1 N–H and O–H groups in total. The standard InChI is InChI=1S/C16H32N2/c1-3-5-14-6-4-7-15(9-8-14)17-12-13-18(2)16-10-11-16/h14-17H,3-13H2,1-2H3. The summed E-state index contributed by atoms with van der Waals surface area (Å²) < 4.78 is 0. The highest BCUT2D eigenvalue weighted by Crippen LogP contribution is 2.27. The van der Waals surface area contributed by atoms with Gasteiger partial charge in [0.1, 0.15) is 0 Å². The Hall–Kier alpha value is -0.0800. The summed E-state index contributed by atoms with van der Waals surface area (Å²) in [7, 11) is 2.28. The topological polar surface area (TPSA) is 15.3 Å². The fourth-order valence-electron chi connectivity index (χ4n) is 3.42. The van der Waals surface area contributed by atoms with Crippen molar-refractivity contribution in [1.82, 2.24) is 10.2 Å². The minimum Gasteiger partial charge on any atom is -0.313 e. The van der Waals surface area contributed by atoms with Crippen LogP contribution in [0.25, 0.3) is 0 Å². The Labute approximate surface area is 114 Å². The van der Waals surface area contributed by atoms with Crippen LogP contribution in [0.15, 0.2) is 0 Å². The zero-order valence-corrected chi connectivity index (χ0v) is 12.5. The average molecular weight is 252 g/mol. The van der Waals surface area contributed by atoms with Crippen molar-refractivity contribution in [2.45, 2.75) is 76.8 Å². The van der Waals surface area contributed by atoms with Gasteiger partial charge in [-0.15, -0.1) is 0 Å². The minimum atomic E-state index is 0.805. The van der Waals surface area contributed by atoms with Gasteiger partial charge >= 0.3 is 0 Å². The second kappa shape index (κ2) is 7.49. The Morgan fingerprint density at radius 2 is 1.89 bits per heavy atom. The highest BCUT2D eigenvalue weighted by atomic mass is 15.2. The molecule has 0 aliphatic heterocycles. The predicted octanol–water partition coefficient (Wildman–Crippen LogP) is 3.42.